The van der Waals surface area contributed by atoms with Crippen LogP contribution in [0, 0.1) is 0 Å². The van der Waals surface area contributed by atoms with Crippen molar-refractivity contribution in [3.8, 4) is 33.4 Å². The van der Waals surface area contributed by atoms with Gasteiger partial charge >= 0.3 is 0 Å². The summed E-state index contributed by atoms with van der Waals surface area (Å²) < 4.78 is 0. The molecule has 47 heavy (non-hydrogen) atoms. The van der Waals surface area contributed by atoms with Gasteiger partial charge in [0.1, 0.15) is 0 Å². The third-order valence-electron chi connectivity index (χ3n) is 8.48. The van der Waals surface area contributed by atoms with E-state index in [-0.39, 0.29) is 0 Å². The second-order valence-electron chi connectivity index (χ2n) is 11.3. The van der Waals surface area contributed by atoms with E-state index in [1.165, 1.54) is 0 Å². The van der Waals surface area contributed by atoms with Crippen LogP contribution in [-0.2, 0) is 6.54 Å². The first-order chi connectivity index (χ1) is 22.9. The molecule has 5 N–H and O–H groups in total. The third-order valence-corrected chi connectivity index (χ3v) is 9.74. The van der Waals surface area contributed by atoms with Crippen LogP contribution in [0.1, 0.15) is 17.0 Å². The van der Waals surface area contributed by atoms with Gasteiger partial charge in [-0.05, 0) is 83.9 Å². The number of aromatic amines is 3. The first kappa shape index (κ1) is 29.9. The maximum absolute atomic E-state index is 6.84. The van der Waals surface area contributed by atoms with Crippen LogP contribution in [0.3, 0.4) is 0 Å². The molecule has 1 aliphatic heterocycles. The predicted molar refractivity (Wildman–Crippen MR) is 199 cm³/mol. The number of H-pyrrole nitrogens is 3. The summed E-state index contributed by atoms with van der Waals surface area (Å²) in [6, 6.07) is 31.6. The largest absolute Gasteiger partial charge is 0.354 e. The molecule has 9 heteroatoms. The number of hydrogen-bond acceptors (Lipinski definition) is 2. The van der Waals surface area contributed by atoms with Crippen LogP contribution >= 0.6 is 46.4 Å². The van der Waals surface area contributed by atoms with E-state index in [2.05, 4.69) is 45.3 Å². The number of nitrogens with zero attached hydrogens (tertiary/aromatic N) is 1. The molecular weight excluding hydrogens is 668 g/mol. The van der Waals surface area contributed by atoms with Crippen molar-refractivity contribution in [2.75, 3.05) is 0 Å². The Balaban J connectivity index is 1.58. The topological polar surface area (TPSA) is 86.3 Å². The van der Waals surface area contributed by atoms with Gasteiger partial charge in [0.2, 0.25) is 0 Å². The number of benzene rings is 3. The highest BCUT2D eigenvalue weighted by Gasteiger charge is 2.19. The summed E-state index contributed by atoms with van der Waals surface area (Å²) in [5, 5.41) is 2.13. The van der Waals surface area contributed by atoms with Crippen molar-refractivity contribution in [3.05, 3.63) is 134 Å². The molecule has 0 amide bonds. The molecule has 0 saturated heterocycles. The SMILES string of the molecule is NCc1ccc(-c2c3ccc([nH]3)c(-c3c(Cl)cccc3Cl)c3nc(c4ccc([nH]4)c(-c4c(Cl)cccc4Cl)c4ccc2[nH]4)C=C3)cc1. The monoisotopic (exact) mass is 691 g/mol. The summed E-state index contributed by atoms with van der Waals surface area (Å²) in [6.45, 7) is 0.454. The molecule has 0 spiro atoms. The molecule has 0 saturated carbocycles. The fraction of sp³-hybridized carbons (Fsp3) is 0.0263. The lowest BCUT2D eigenvalue weighted by Crippen LogP contribution is -1.95. The Morgan fingerprint density at radius 3 is 1.40 bits per heavy atom. The summed E-state index contributed by atoms with van der Waals surface area (Å²) >= 11 is 27.4. The molecule has 230 valence electrons. The first-order valence-electron chi connectivity index (χ1n) is 14.9. The second-order valence-corrected chi connectivity index (χ2v) is 12.9. The van der Waals surface area contributed by atoms with Gasteiger partial charge in [-0.1, -0.05) is 82.8 Å². The highest BCUT2D eigenvalue weighted by molar-refractivity contribution is 6.40. The van der Waals surface area contributed by atoms with Crippen molar-refractivity contribution in [2.45, 2.75) is 6.54 Å². The van der Waals surface area contributed by atoms with Gasteiger partial charge in [0.25, 0.3) is 0 Å². The molecule has 0 unspecified atom stereocenters. The van der Waals surface area contributed by atoms with Crippen LogP contribution in [0.4, 0.5) is 0 Å². The number of aromatic nitrogens is 4. The number of fused-ring (bicyclic) bond motifs is 9. The van der Waals surface area contributed by atoms with Crippen LogP contribution < -0.4 is 5.73 Å². The number of rotatable bonds is 4. The van der Waals surface area contributed by atoms with Crippen LogP contribution in [0.25, 0.3) is 78.6 Å². The van der Waals surface area contributed by atoms with E-state index in [0.717, 1.165) is 77.9 Å². The lowest BCUT2D eigenvalue weighted by Gasteiger charge is -2.09. The Morgan fingerprint density at radius 1 is 0.447 bits per heavy atom. The minimum Gasteiger partial charge on any atom is -0.354 e. The highest BCUT2D eigenvalue weighted by atomic mass is 35.5. The Kier molecular flexibility index (Phi) is 7.60. The van der Waals surface area contributed by atoms with Gasteiger partial charge in [0.15, 0.2) is 0 Å². The predicted octanol–water partition coefficient (Wildman–Crippen LogP) is 11.8. The molecule has 3 aromatic carbocycles. The molecule has 1 aliphatic rings. The summed E-state index contributed by atoms with van der Waals surface area (Å²) in [5.74, 6) is 0. The standard InChI is InChI=1S/C38H25Cl4N5/c39-22-3-1-4-23(40)35(22)37-30-13-11-26(44-30)27-12-14-31(45-27)38(36-24(41)5-2-6-25(36)42)33-18-16-29(47-33)34(28-15-17-32(37)46-28)21-9-7-20(19-43)8-10-21/h1-18,44,46-47H,19,43H2. The average Bonchev–Trinajstić information content (AvgIpc) is 3.89. The normalized spacial score (nSPS) is 11.9. The van der Waals surface area contributed by atoms with Gasteiger partial charge in [0.05, 0.1) is 37.0 Å². The van der Waals surface area contributed by atoms with Crippen LogP contribution in [0.2, 0.25) is 20.1 Å². The smallest absolute Gasteiger partial charge is 0.0872 e. The van der Waals surface area contributed by atoms with Crippen molar-refractivity contribution in [3.63, 3.8) is 0 Å². The average molecular weight is 693 g/mol. The molecule has 0 aliphatic carbocycles. The maximum atomic E-state index is 6.84. The summed E-state index contributed by atoms with van der Waals surface area (Å²) in [7, 11) is 0. The van der Waals surface area contributed by atoms with Gasteiger partial charge in [-0.15, -0.1) is 0 Å². The number of hydrogen-bond donors (Lipinski definition) is 4. The van der Waals surface area contributed by atoms with Crippen molar-refractivity contribution in [2.24, 2.45) is 5.73 Å². The summed E-state index contributed by atoms with van der Waals surface area (Å²) in [6.07, 6.45) is 3.97. The van der Waals surface area contributed by atoms with E-state index >= 15 is 0 Å². The molecule has 4 aromatic heterocycles. The molecule has 0 atom stereocenters. The van der Waals surface area contributed by atoms with E-state index in [4.69, 9.17) is 57.1 Å². The van der Waals surface area contributed by atoms with Gasteiger partial charge < -0.3 is 20.7 Å². The van der Waals surface area contributed by atoms with Gasteiger partial charge in [-0.25, -0.2) is 4.98 Å². The zero-order valence-corrected chi connectivity index (χ0v) is 27.7. The van der Waals surface area contributed by atoms with Crippen molar-refractivity contribution >= 4 is 91.7 Å². The fourth-order valence-electron chi connectivity index (χ4n) is 6.27. The van der Waals surface area contributed by atoms with Crippen LogP contribution in [-0.4, -0.2) is 19.9 Å². The first-order valence-corrected chi connectivity index (χ1v) is 16.4. The van der Waals surface area contributed by atoms with Gasteiger partial charge in [-0.2, -0.15) is 0 Å². The zero-order chi connectivity index (χ0) is 32.2. The Hall–Kier alpha value is -4.49. The highest BCUT2D eigenvalue weighted by Crippen LogP contribution is 2.42. The maximum Gasteiger partial charge on any atom is 0.0872 e. The van der Waals surface area contributed by atoms with Crippen molar-refractivity contribution < 1.29 is 0 Å². The summed E-state index contributed by atoms with van der Waals surface area (Å²) in [5.41, 5.74) is 18.6. The van der Waals surface area contributed by atoms with E-state index in [0.29, 0.717) is 32.2 Å². The summed E-state index contributed by atoms with van der Waals surface area (Å²) in [4.78, 5) is 16.1. The van der Waals surface area contributed by atoms with E-state index in [1.54, 1.807) is 0 Å². The molecule has 0 fully saturated rings. The zero-order valence-electron chi connectivity index (χ0n) is 24.6. The molecule has 7 aromatic rings. The van der Waals surface area contributed by atoms with Crippen LogP contribution in [0.5, 0.6) is 0 Å². The van der Waals surface area contributed by atoms with Crippen molar-refractivity contribution in [1.29, 1.82) is 0 Å². The Morgan fingerprint density at radius 2 is 0.872 bits per heavy atom. The molecule has 8 rings (SSSR count). The molecule has 8 bridgehead atoms. The van der Waals surface area contributed by atoms with Crippen molar-refractivity contribution in [1.82, 2.24) is 19.9 Å². The molecular formula is C38H25Cl4N5. The quantitative estimate of drug-likeness (QED) is 0.148. The minimum absolute atomic E-state index is 0.454. The van der Waals surface area contributed by atoms with E-state index < -0.39 is 0 Å². The Labute approximate surface area is 290 Å². The number of nitrogens with one attached hydrogen (secondary N) is 3. The van der Waals surface area contributed by atoms with Gasteiger partial charge in [-0.3, -0.25) is 0 Å². The van der Waals surface area contributed by atoms with E-state index in [9.17, 15) is 0 Å². The Bertz CT molecular complexity index is 2460. The fourth-order valence-corrected chi connectivity index (χ4v) is 7.44. The second kappa shape index (κ2) is 11.9. The third kappa shape index (κ3) is 5.21. The molecule has 0 radical (unpaired) electrons. The molecule has 5 nitrogen and oxygen atoms in total. The van der Waals surface area contributed by atoms with Gasteiger partial charge in [0, 0.05) is 61.9 Å². The lowest BCUT2D eigenvalue weighted by atomic mass is 10.0. The van der Waals surface area contributed by atoms with E-state index in [1.807, 2.05) is 78.9 Å². The minimum atomic E-state index is 0.454. The number of nitrogens with two attached hydrogens (primary N) is 1. The number of halogens is 4. The van der Waals surface area contributed by atoms with Crippen LogP contribution in [0.15, 0.2) is 97.1 Å². The lowest BCUT2D eigenvalue weighted by molar-refractivity contribution is 1.07. The molecule has 5 heterocycles.